The molecule has 0 unspecified atom stereocenters. The second-order valence-corrected chi connectivity index (χ2v) is 8.21. The number of ether oxygens (including phenoxy) is 1. The molecule has 30 heavy (non-hydrogen) atoms. The number of pyridine rings is 2. The van der Waals surface area contributed by atoms with Crippen LogP contribution in [-0.4, -0.2) is 47.1 Å². The fraction of sp³-hybridized carbons (Fsp3) is 0.476. The molecule has 2 aromatic rings. The Labute approximate surface area is 171 Å². The van der Waals surface area contributed by atoms with Crippen LogP contribution in [0.3, 0.4) is 0 Å². The maximum atomic E-state index is 13.1. The molecule has 0 aromatic carbocycles. The van der Waals surface area contributed by atoms with Gasteiger partial charge in [0.15, 0.2) is 0 Å². The van der Waals surface area contributed by atoms with Crippen LogP contribution < -0.4 is 4.90 Å². The lowest BCUT2D eigenvalue weighted by molar-refractivity contribution is -0.137. The van der Waals surface area contributed by atoms with Gasteiger partial charge in [0.1, 0.15) is 5.82 Å². The Morgan fingerprint density at radius 2 is 2.00 bits per heavy atom. The molecule has 5 rings (SSSR count). The van der Waals surface area contributed by atoms with Crippen molar-refractivity contribution in [1.29, 1.82) is 0 Å². The molecule has 0 N–H and O–H groups in total. The van der Waals surface area contributed by atoms with Gasteiger partial charge in [-0.1, -0.05) is 0 Å². The Balaban J connectivity index is 1.40. The Morgan fingerprint density at radius 3 is 2.70 bits per heavy atom. The minimum absolute atomic E-state index is 0.0120. The van der Waals surface area contributed by atoms with Crippen LogP contribution in [0.2, 0.25) is 0 Å². The predicted octanol–water partition coefficient (Wildman–Crippen LogP) is 2.97. The van der Waals surface area contributed by atoms with E-state index >= 15 is 0 Å². The minimum Gasteiger partial charge on any atom is -0.381 e. The molecule has 3 aliphatic rings. The van der Waals surface area contributed by atoms with E-state index in [1.165, 1.54) is 6.07 Å². The van der Waals surface area contributed by atoms with Gasteiger partial charge in [0.2, 0.25) is 0 Å². The van der Waals surface area contributed by atoms with Gasteiger partial charge in [-0.15, -0.1) is 0 Å². The molecule has 0 aliphatic carbocycles. The zero-order valence-corrected chi connectivity index (χ0v) is 16.5. The summed E-state index contributed by atoms with van der Waals surface area (Å²) in [6.07, 6.45) is -2.96. The minimum atomic E-state index is -4.42. The number of hydrogen-bond donors (Lipinski definition) is 0. The molecule has 3 aliphatic heterocycles. The van der Waals surface area contributed by atoms with Crippen molar-refractivity contribution < 1.29 is 22.7 Å². The zero-order chi connectivity index (χ0) is 21.0. The molecule has 1 saturated heterocycles. The summed E-state index contributed by atoms with van der Waals surface area (Å²) in [6.45, 7) is 5.30. The van der Waals surface area contributed by atoms with E-state index < -0.39 is 11.7 Å². The quantitative estimate of drug-likeness (QED) is 0.767. The number of halogens is 3. The van der Waals surface area contributed by atoms with E-state index in [2.05, 4.69) is 4.98 Å². The number of carbonyl (C=O) groups is 1. The fourth-order valence-electron chi connectivity index (χ4n) is 4.30. The van der Waals surface area contributed by atoms with Gasteiger partial charge in [-0.3, -0.25) is 9.78 Å². The first-order valence-electron chi connectivity index (χ1n) is 9.97. The molecular weight excluding hydrogens is 397 g/mol. The van der Waals surface area contributed by atoms with Crippen molar-refractivity contribution in [2.75, 3.05) is 31.2 Å². The van der Waals surface area contributed by atoms with Gasteiger partial charge in [0.05, 0.1) is 36.6 Å². The Kier molecular flexibility index (Phi) is 4.46. The van der Waals surface area contributed by atoms with Crippen molar-refractivity contribution in [1.82, 2.24) is 14.9 Å². The Hall–Kier alpha value is -2.68. The molecule has 9 heteroatoms. The van der Waals surface area contributed by atoms with E-state index in [-0.39, 0.29) is 5.91 Å². The van der Waals surface area contributed by atoms with E-state index in [0.717, 1.165) is 23.3 Å². The van der Waals surface area contributed by atoms with Gasteiger partial charge >= 0.3 is 6.18 Å². The van der Waals surface area contributed by atoms with Crippen LogP contribution in [0.1, 0.15) is 38.4 Å². The van der Waals surface area contributed by atoms with Crippen LogP contribution in [0.4, 0.5) is 19.0 Å². The molecule has 0 radical (unpaired) electrons. The molecule has 2 aromatic heterocycles. The fourth-order valence-corrected chi connectivity index (χ4v) is 4.30. The second-order valence-electron chi connectivity index (χ2n) is 8.21. The van der Waals surface area contributed by atoms with E-state index in [4.69, 9.17) is 9.72 Å². The summed E-state index contributed by atoms with van der Waals surface area (Å²) in [5.74, 6) is 1.08. The highest BCUT2D eigenvalue weighted by atomic mass is 19.4. The monoisotopic (exact) mass is 418 g/mol. The number of hydrogen-bond acceptors (Lipinski definition) is 5. The van der Waals surface area contributed by atoms with Crippen molar-refractivity contribution in [3.05, 3.63) is 52.0 Å². The lowest BCUT2D eigenvalue weighted by Crippen LogP contribution is -2.39. The molecule has 1 fully saturated rings. The first kappa shape index (κ1) is 19.3. The van der Waals surface area contributed by atoms with Crippen molar-refractivity contribution in [2.24, 2.45) is 5.92 Å². The van der Waals surface area contributed by atoms with Crippen LogP contribution in [-0.2, 0) is 30.4 Å². The predicted molar refractivity (Wildman–Crippen MR) is 102 cm³/mol. The summed E-state index contributed by atoms with van der Waals surface area (Å²) in [7, 11) is 0. The van der Waals surface area contributed by atoms with Gasteiger partial charge in [-0.2, -0.15) is 13.2 Å². The zero-order valence-electron chi connectivity index (χ0n) is 16.5. The van der Waals surface area contributed by atoms with Crippen molar-refractivity contribution >= 4 is 11.7 Å². The summed E-state index contributed by atoms with van der Waals surface area (Å²) in [4.78, 5) is 25.3. The largest absolute Gasteiger partial charge is 0.417 e. The van der Waals surface area contributed by atoms with Gasteiger partial charge in [-0.25, -0.2) is 4.98 Å². The number of alkyl halides is 3. The van der Waals surface area contributed by atoms with Gasteiger partial charge in [0.25, 0.3) is 5.91 Å². The molecular formula is C21H21F3N4O2. The number of nitrogens with zero attached hydrogens (tertiary/aromatic N) is 4. The van der Waals surface area contributed by atoms with Gasteiger partial charge in [-0.05, 0) is 30.2 Å². The first-order valence-corrected chi connectivity index (χ1v) is 9.97. The third-order valence-electron chi connectivity index (χ3n) is 5.98. The highest BCUT2D eigenvalue weighted by Crippen LogP contribution is 2.33. The average molecular weight is 418 g/mol. The van der Waals surface area contributed by atoms with E-state index in [0.29, 0.717) is 68.6 Å². The topological polar surface area (TPSA) is 58.6 Å². The summed E-state index contributed by atoms with van der Waals surface area (Å²) < 4.78 is 44.4. The highest BCUT2D eigenvalue weighted by Gasteiger charge is 2.35. The average Bonchev–Trinajstić information content (AvgIpc) is 2.97. The number of fused-ring (bicyclic) bond motifs is 2. The van der Waals surface area contributed by atoms with Crippen molar-refractivity contribution in [2.45, 2.75) is 32.6 Å². The summed E-state index contributed by atoms with van der Waals surface area (Å²) in [5.41, 5.74) is 2.73. The van der Waals surface area contributed by atoms with E-state index in [9.17, 15) is 18.0 Å². The first-order chi connectivity index (χ1) is 14.3. The molecule has 0 spiro atoms. The van der Waals surface area contributed by atoms with Crippen LogP contribution in [0.15, 0.2) is 18.3 Å². The summed E-state index contributed by atoms with van der Waals surface area (Å²) in [6, 6.07) is 3.04. The van der Waals surface area contributed by atoms with Crippen LogP contribution >= 0.6 is 0 Å². The third kappa shape index (κ3) is 3.30. The molecule has 0 atom stereocenters. The molecule has 1 amide bonds. The van der Waals surface area contributed by atoms with Gasteiger partial charge < -0.3 is 14.5 Å². The maximum Gasteiger partial charge on any atom is 0.417 e. The lowest BCUT2D eigenvalue weighted by atomic mass is 10.0. The Bertz CT molecular complexity index is 1020. The number of anilines is 1. The molecule has 158 valence electrons. The van der Waals surface area contributed by atoms with Crippen LogP contribution in [0.25, 0.3) is 0 Å². The molecule has 0 bridgehead atoms. The second kappa shape index (κ2) is 6.94. The lowest BCUT2D eigenvalue weighted by Gasteiger charge is -2.31. The summed E-state index contributed by atoms with van der Waals surface area (Å²) in [5, 5.41) is 0. The number of rotatable bonds is 3. The SMILES string of the molecule is Cc1cc2c(nc1N1CCc3ncc(C(F)(F)F)cc3C1)CN(CC1COC1)C2=O. The summed E-state index contributed by atoms with van der Waals surface area (Å²) >= 11 is 0. The number of aromatic nitrogens is 2. The molecule has 5 heterocycles. The van der Waals surface area contributed by atoms with E-state index in [1.54, 1.807) is 4.90 Å². The molecule has 0 saturated carbocycles. The molecule has 6 nitrogen and oxygen atoms in total. The standard InChI is InChI=1S/C21H21F3N4O2/c1-12-4-16-18(9-28(20(16)29)7-13-10-30-11-13)26-19(12)27-3-2-17-14(8-27)5-15(6-25-17)21(22,23)24/h4-6,13H,2-3,7-11H2,1H3. The van der Waals surface area contributed by atoms with Crippen LogP contribution in [0.5, 0.6) is 0 Å². The Morgan fingerprint density at radius 1 is 1.20 bits per heavy atom. The highest BCUT2D eigenvalue weighted by molar-refractivity contribution is 5.98. The number of carbonyl (C=O) groups excluding carboxylic acids is 1. The smallest absolute Gasteiger partial charge is 0.381 e. The maximum absolute atomic E-state index is 13.1. The van der Waals surface area contributed by atoms with Crippen molar-refractivity contribution in [3.63, 3.8) is 0 Å². The third-order valence-corrected chi connectivity index (χ3v) is 5.98. The van der Waals surface area contributed by atoms with E-state index in [1.807, 2.05) is 17.9 Å². The normalized spacial score (nSPS) is 19.0. The van der Waals surface area contributed by atoms with Crippen LogP contribution in [0, 0.1) is 12.8 Å². The van der Waals surface area contributed by atoms with Gasteiger partial charge in [0, 0.05) is 43.9 Å². The number of aryl methyl sites for hydroxylation is 1. The number of amides is 1. The van der Waals surface area contributed by atoms with Crippen molar-refractivity contribution in [3.8, 4) is 0 Å².